The Bertz CT molecular complexity index is 296. The fourth-order valence-electron chi connectivity index (χ4n) is 0.956. The summed E-state index contributed by atoms with van der Waals surface area (Å²) in [5.41, 5.74) is 0. The van der Waals surface area contributed by atoms with Gasteiger partial charge in [-0.1, -0.05) is 0 Å². The van der Waals surface area contributed by atoms with Crippen LogP contribution in [0.2, 0.25) is 0 Å². The lowest BCUT2D eigenvalue weighted by molar-refractivity contribution is 0.102. The van der Waals surface area contributed by atoms with Gasteiger partial charge in [0.2, 0.25) is 0 Å². The van der Waals surface area contributed by atoms with E-state index < -0.39 is 0 Å². The Morgan fingerprint density at radius 1 is 1.50 bits per heavy atom. The minimum absolute atomic E-state index is 0.155. The number of halogens is 1. The number of ketones is 1. The summed E-state index contributed by atoms with van der Waals surface area (Å²) >= 11 is 8.96. The van der Waals surface area contributed by atoms with Crippen molar-refractivity contribution in [2.24, 2.45) is 0 Å². The molecule has 0 spiro atoms. The molecule has 0 aromatic carbocycles. The van der Waals surface area contributed by atoms with Crippen molar-refractivity contribution in [3.05, 3.63) is 17.0 Å². The molecular weight excluding hydrogens is 236 g/mol. The molecule has 0 fully saturated rings. The van der Waals surface area contributed by atoms with Gasteiger partial charge >= 0.3 is 0 Å². The van der Waals surface area contributed by atoms with Crippen LogP contribution in [0.3, 0.4) is 0 Å². The second kappa shape index (κ2) is 6.49. The van der Waals surface area contributed by atoms with Crippen LogP contribution in [0.15, 0.2) is 16.3 Å². The van der Waals surface area contributed by atoms with Gasteiger partial charge in [0, 0.05) is 5.88 Å². The number of hydrogen-bond acceptors (Lipinski definition) is 3. The monoisotopic (exact) mass is 248 g/mol. The summed E-state index contributed by atoms with van der Waals surface area (Å²) in [6, 6.07) is 3.92. The quantitative estimate of drug-likeness (QED) is 0.327. The molecule has 14 heavy (non-hydrogen) atoms. The van der Waals surface area contributed by atoms with Crippen LogP contribution in [-0.2, 0) is 0 Å². The van der Waals surface area contributed by atoms with E-state index in [1.807, 2.05) is 12.1 Å². The number of hydrogen-bond donors (Lipinski definition) is 0. The van der Waals surface area contributed by atoms with Crippen molar-refractivity contribution in [3.8, 4) is 0 Å². The molecule has 0 aliphatic carbocycles. The van der Waals surface area contributed by atoms with Crippen LogP contribution in [0.5, 0.6) is 0 Å². The largest absolute Gasteiger partial charge is 0.294 e. The van der Waals surface area contributed by atoms with Gasteiger partial charge in [-0.2, -0.15) is 0 Å². The Morgan fingerprint density at radius 3 is 2.86 bits per heavy atom. The van der Waals surface area contributed by atoms with Crippen LogP contribution in [0.25, 0.3) is 0 Å². The van der Waals surface area contributed by atoms with Crippen molar-refractivity contribution in [1.29, 1.82) is 0 Å². The molecule has 1 aromatic rings. The average molecular weight is 249 g/mol. The second-order valence-electron chi connectivity index (χ2n) is 2.92. The minimum atomic E-state index is 0.155. The number of rotatable bonds is 6. The Kier molecular flexibility index (Phi) is 5.60. The zero-order valence-electron chi connectivity index (χ0n) is 8.09. The topological polar surface area (TPSA) is 17.1 Å². The zero-order chi connectivity index (χ0) is 10.4. The number of alkyl halides is 1. The van der Waals surface area contributed by atoms with Crippen molar-refractivity contribution in [2.45, 2.75) is 24.0 Å². The molecule has 0 radical (unpaired) electrons. The highest BCUT2D eigenvalue weighted by atomic mass is 35.5. The molecule has 0 aliphatic heterocycles. The van der Waals surface area contributed by atoms with Crippen molar-refractivity contribution in [3.63, 3.8) is 0 Å². The molecule has 4 heteroatoms. The number of carbonyl (C=O) groups excluding carboxylic acids is 1. The van der Waals surface area contributed by atoms with E-state index in [0.29, 0.717) is 0 Å². The maximum Gasteiger partial charge on any atom is 0.169 e. The number of unbranched alkanes of at least 4 members (excludes halogenated alkanes) is 1. The molecule has 78 valence electrons. The smallest absolute Gasteiger partial charge is 0.169 e. The summed E-state index contributed by atoms with van der Waals surface area (Å²) in [5.74, 6) is 1.98. The van der Waals surface area contributed by atoms with E-state index in [9.17, 15) is 4.79 Å². The van der Waals surface area contributed by atoms with Gasteiger partial charge in [0.15, 0.2) is 5.78 Å². The molecule has 1 nitrogen and oxygen atoms in total. The summed E-state index contributed by atoms with van der Waals surface area (Å²) in [5, 5.41) is 0. The number of thioether (sulfide) groups is 1. The van der Waals surface area contributed by atoms with E-state index in [1.54, 1.807) is 30.0 Å². The first-order valence-corrected chi connectivity index (χ1v) is 6.87. The third-order valence-corrected chi connectivity index (χ3v) is 4.47. The lowest BCUT2D eigenvalue weighted by atomic mass is 10.4. The number of thiophene rings is 1. The molecule has 0 saturated carbocycles. The first kappa shape index (κ1) is 12.1. The molecule has 0 amide bonds. The summed E-state index contributed by atoms with van der Waals surface area (Å²) in [6.45, 7) is 1.60. The summed E-state index contributed by atoms with van der Waals surface area (Å²) in [6.07, 6.45) is 2.21. The third-order valence-electron chi connectivity index (χ3n) is 1.70. The molecule has 0 N–H and O–H groups in total. The maximum atomic E-state index is 11.0. The van der Waals surface area contributed by atoms with Gasteiger partial charge in [0.05, 0.1) is 9.09 Å². The van der Waals surface area contributed by atoms with Crippen LogP contribution >= 0.6 is 34.7 Å². The predicted octanol–water partition coefficient (Wildman–Crippen LogP) is 4.06. The first-order valence-electron chi connectivity index (χ1n) is 4.53. The van der Waals surface area contributed by atoms with Gasteiger partial charge in [-0.05, 0) is 37.7 Å². The predicted molar refractivity (Wildman–Crippen MR) is 65.0 cm³/mol. The van der Waals surface area contributed by atoms with E-state index in [-0.39, 0.29) is 5.78 Å². The van der Waals surface area contributed by atoms with Gasteiger partial charge in [-0.25, -0.2) is 0 Å². The van der Waals surface area contributed by atoms with Crippen LogP contribution < -0.4 is 0 Å². The minimum Gasteiger partial charge on any atom is -0.294 e. The zero-order valence-corrected chi connectivity index (χ0v) is 10.5. The normalized spacial score (nSPS) is 10.4. The molecule has 1 aromatic heterocycles. The molecular formula is C10H13ClOS2. The standard InChI is InChI=1S/C10H13ClOS2/c1-8(12)9-4-5-10(14-9)13-7-3-2-6-11/h4-5H,2-3,6-7H2,1H3. The van der Waals surface area contributed by atoms with Gasteiger partial charge in [-0.15, -0.1) is 34.7 Å². The molecule has 0 bridgehead atoms. The highest BCUT2D eigenvalue weighted by Gasteiger charge is 2.03. The molecule has 0 unspecified atom stereocenters. The average Bonchev–Trinajstić information content (AvgIpc) is 2.61. The Labute approximate surface area is 97.8 Å². The Morgan fingerprint density at radius 2 is 2.29 bits per heavy atom. The SMILES string of the molecule is CC(=O)c1ccc(SCCCCCl)s1. The lowest BCUT2D eigenvalue weighted by Gasteiger charge is -1.95. The van der Waals surface area contributed by atoms with Crippen LogP contribution in [0.1, 0.15) is 29.4 Å². The third kappa shape index (κ3) is 4.03. The number of Topliss-reactive ketones (excluding diaryl/α,β-unsaturated/α-hetero) is 1. The fourth-order valence-corrected chi connectivity index (χ4v) is 3.25. The summed E-state index contributed by atoms with van der Waals surface area (Å²) < 4.78 is 1.23. The van der Waals surface area contributed by atoms with Crippen molar-refractivity contribution < 1.29 is 4.79 Å². The van der Waals surface area contributed by atoms with E-state index in [4.69, 9.17) is 11.6 Å². The highest BCUT2D eigenvalue weighted by molar-refractivity contribution is 8.01. The molecule has 0 aliphatic rings. The van der Waals surface area contributed by atoms with Crippen LogP contribution in [0, 0.1) is 0 Å². The molecule has 0 atom stereocenters. The van der Waals surface area contributed by atoms with Crippen LogP contribution in [0.4, 0.5) is 0 Å². The van der Waals surface area contributed by atoms with E-state index >= 15 is 0 Å². The van der Waals surface area contributed by atoms with Crippen molar-refractivity contribution >= 4 is 40.5 Å². The fraction of sp³-hybridized carbons (Fsp3) is 0.500. The number of carbonyl (C=O) groups is 1. The van der Waals surface area contributed by atoms with E-state index in [2.05, 4.69) is 0 Å². The van der Waals surface area contributed by atoms with Crippen LogP contribution in [-0.4, -0.2) is 17.4 Å². The summed E-state index contributed by atoms with van der Waals surface area (Å²) in [7, 11) is 0. The lowest BCUT2D eigenvalue weighted by Crippen LogP contribution is -1.83. The molecule has 1 heterocycles. The van der Waals surface area contributed by atoms with Gasteiger partial charge in [0.25, 0.3) is 0 Å². The van der Waals surface area contributed by atoms with Gasteiger partial charge in [-0.3, -0.25) is 4.79 Å². The Balaban J connectivity index is 2.33. The Hall–Kier alpha value is 0.01000. The molecule has 1 rings (SSSR count). The van der Waals surface area contributed by atoms with Gasteiger partial charge in [0.1, 0.15) is 0 Å². The molecule has 0 saturated heterocycles. The second-order valence-corrected chi connectivity index (χ2v) is 5.78. The maximum absolute atomic E-state index is 11.0. The summed E-state index contributed by atoms with van der Waals surface area (Å²) in [4.78, 5) is 11.9. The van der Waals surface area contributed by atoms with Crippen molar-refractivity contribution in [2.75, 3.05) is 11.6 Å². The first-order chi connectivity index (χ1) is 6.74. The highest BCUT2D eigenvalue weighted by Crippen LogP contribution is 2.28. The van der Waals surface area contributed by atoms with E-state index in [0.717, 1.165) is 29.4 Å². The van der Waals surface area contributed by atoms with E-state index in [1.165, 1.54) is 4.21 Å². The van der Waals surface area contributed by atoms with Gasteiger partial charge < -0.3 is 0 Å². The van der Waals surface area contributed by atoms with Crippen molar-refractivity contribution in [1.82, 2.24) is 0 Å².